The molecular weight excluding hydrogens is 346 g/mol. The summed E-state index contributed by atoms with van der Waals surface area (Å²) in [5, 5.41) is 3.97. The summed E-state index contributed by atoms with van der Waals surface area (Å²) in [5.41, 5.74) is 6.50. The van der Waals surface area contributed by atoms with E-state index < -0.39 is 8.07 Å². The lowest BCUT2D eigenvalue weighted by atomic mass is 9.99. The molecule has 4 aromatic rings. The van der Waals surface area contributed by atoms with Gasteiger partial charge in [0.05, 0.1) is 13.8 Å². The Kier molecular flexibility index (Phi) is 4.23. The normalized spacial score (nSPS) is 12.4. The van der Waals surface area contributed by atoms with Gasteiger partial charge in [0, 0.05) is 22.5 Å². The van der Waals surface area contributed by atoms with Crippen LogP contribution in [0.15, 0.2) is 53.1 Å². The maximum atomic E-state index is 6.58. The maximum absolute atomic E-state index is 6.58. The number of hydrogen-bond donors (Lipinski definition) is 0. The van der Waals surface area contributed by atoms with Gasteiger partial charge >= 0.3 is 0 Å². The number of fused-ring (bicyclic) bond motifs is 3. The molecule has 0 spiro atoms. The molecule has 0 saturated heterocycles. The second kappa shape index (κ2) is 6.34. The van der Waals surface area contributed by atoms with Crippen molar-refractivity contribution in [3.8, 4) is 11.3 Å². The summed E-state index contributed by atoms with van der Waals surface area (Å²) in [5.74, 6) is 0.422. The van der Waals surface area contributed by atoms with Crippen molar-refractivity contribution in [2.45, 2.75) is 46.3 Å². The van der Waals surface area contributed by atoms with Crippen molar-refractivity contribution in [2.24, 2.45) is 0 Å². The van der Waals surface area contributed by atoms with Gasteiger partial charge in [-0.05, 0) is 41.3 Å². The number of para-hydroxylation sites is 1. The van der Waals surface area contributed by atoms with Crippen LogP contribution in [-0.4, -0.2) is 13.1 Å². The minimum absolute atomic E-state index is 0.422. The molecule has 0 fully saturated rings. The zero-order valence-corrected chi connectivity index (χ0v) is 18.1. The fraction of sp³-hybridized carbons (Fsp3) is 0.292. The Bertz CT molecular complexity index is 1130. The quantitative estimate of drug-likeness (QED) is 0.377. The number of pyridine rings is 1. The van der Waals surface area contributed by atoms with Crippen LogP contribution in [0.1, 0.15) is 30.9 Å². The molecule has 2 nitrogen and oxygen atoms in total. The highest BCUT2D eigenvalue weighted by Crippen LogP contribution is 2.38. The number of furan rings is 1. The van der Waals surface area contributed by atoms with E-state index in [2.05, 4.69) is 87.9 Å². The first-order chi connectivity index (χ1) is 12.8. The molecule has 0 aliphatic heterocycles. The van der Waals surface area contributed by atoms with Crippen LogP contribution in [0.2, 0.25) is 19.6 Å². The molecule has 0 amide bonds. The van der Waals surface area contributed by atoms with E-state index in [0.29, 0.717) is 5.92 Å². The van der Waals surface area contributed by atoms with Gasteiger partial charge in [0.15, 0.2) is 0 Å². The van der Waals surface area contributed by atoms with E-state index in [-0.39, 0.29) is 0 Å². The summed E-state index contributed by atoms with van der Waals surface area (Å²) in [6, 6.07) is 15.3. The predicted molar refractivity (Wildman–Crippen MR) is 119 cm³/mol. The molecule has 0 unspecified atom stereocenters. The van der Waals surface area contributed by atoms with Crippen molar-refractivity contribution in [2.75, 3.05) is 0 Å². The highest BCUT2D eigenvalue weighted by Gasteiger charge is 2.25. The molecule has 0 saturated carbocycles. The zero-order valence-electron chi connectivity index (χ0n) is 17.1. The Morgan fingerprint density at radius 2 is 1.70 bits per heavy atom. The topological polar surface area (TPSA) is 26.0 Å². The van der Waals surface area contributed by atoms with Crippen LogP contribution in [0.25, 0.3) is 33.2 Å². The molecular formula is C24H27NOSi. The number of benzene rings is 2. The second-order valence-electron chi connectivity index (χ2n) is 8.82. The van der Waals surface area contributed by atoms with Gasteiger partial charge in [0.1, 0.15) is 11.2 Å². The van der Waals surface area contributed by atoms with Crippen LogP contribution in [-0.2, 0) is 0 Å². The Labute approximate surface area is 162 Å². The van der Waals surface area contributed by atoms with E-state index >= 15 is 0 Å². The third kappa shape index (κ3) is 3.00. The summed E-state index contributed by atoms with van der Waals surface area (Å²) in [4.78, 5) is 4.67. The average Bonchev–Trinajstić information content (AvgIpc) is 3.00. The monoisotopic (exact) mass is 373 g/mol. The van der Waals surface area contributed by atoms with Gasteiger partial charge in [-0.2, -0.15) is 0 Å². The summed E-state index contributed by atoms with van der Waals surface area (Å²) in [7, 11) is -1.54. The van der Waals surface area contributed by atoms with E-state index in [4.69, 9.17) is 4.42 Å². The van der Waals surface area contributed by atoms with Crippen molar-refractivity contribution in [1.29, 1.82) is 0 Å². The van der Waals surface area contributed by atoms with Gasteiger partial charge in [-0.15, -0.1) is 0 Å². The fourth-order valence-corrected chi connectivity index (χ4v) is 5.41. The van der Waals surface area contributed by atoms with Crippen molar-refractivity contribution in [3.05, 3.63) is 59.8 Å². The fourth-order valence-electron chi connectivity index (χ4n) is 3.83. The predicted octanol–water partition coefficient (Wildman–Crippen LogP) is 6.63. The summed E-state index contributed by atoms with van der Waals surface area (Å²) >= 11 is 0. The molecule has 3 heteroatoms. The lowest BCUT2D eigenvalue weighted by Crippen LogP contribution is -2.37. The minimum Gasteiger partial charge on any atom is -0.455 e. The minimum atomic E-state index is -1.54. The van der Waals surface area contributed by atoms with Gasteiger partial charge in [0.2, 0.25) is 0 Å². The number of rotatable bonds is 3. The van der Waals surface area contributed by atoms with Gasteiger partial charge in [-0.1, -0.05) is 63.8 Å². The third-order valence-corrected chi connectivity index (χ3v) is 7.33. The average molecular weight is 374 g/mol. The molecule has 27 heavy (non-hydrogen) atoms. The largest absolute Gasteiger partial charge is 0.455 e. The lowest BCUT2D eigenvalue weighted by Gasteiger charge is -2.18. The molecule has 0 aliphatic rings. The number of aromatic nitrogens is 1. The van der Waals surface area contributed by atoms with Gasteiger partial charge in [-0.3, -0.25) is 4.98 Å². The van der Waals surface area contributed by atoms with Crippen molar-refractivity contribution < 1.29 is 4.42 Å². The van der Waals surface area contributed by atoms with Gasteiger partial charge in [-0.25, -0.2) is 0 Å². The molecule has 4 rings (SSSR count). The molecule has 0 atom stereocenters. The van der Waals surface area contributed by atoms with Crippen LogP contribution in [0.4, 0.5) is 0 Å². The van der Waals surface area contributed by atoms with E-state index in [9.17, 15) is 0 Å². The van der Waals surface area contributed by atoms with Gasteiger partial charge in [0.25, 0.3) is 0 Å². The highest BCUT2D eigenvalue weighted by atomic mass is 28.3. The molecule has 2 aromatic heterocycles. The Balaban J connectivity index is 2.15. The summed E-state index contributed by atoms with van der Waals surface area (Å²) < 4.78 is 6.58. The Morgan fingerprint density at radius 1 is 0.926 bits per heavy atom. The highest BCUT2D eigenvalue weighted by molar-refractivity contribution is 6.90. The second-order valence-corrected chi connectivity index (χ2v) is 13.9. The van der Waals surface area contributed by atoms with E-state index in [1.54, 1.807) is 0 Å². The van der Waals surface area contributed by atoms with Crippen molar-refractivity contribution >= 4 is 35.2 Å². The van der Waals surface area contributed by atoms with Crippen molar-refractivity contribution in [1.82, 2.24) is 4.98 Å². The molecule has 0 aliphatic carbocycles. The molecule has 0 N–H and O–H groups in total. The first-order valence-electron chi connectivity index (χ1n) is 9.69. The SMILES string of the molecule is Cc1ccc(-c2ccc([Si](C)(C)C)c3c2oc2c(C(C)C)cccc23)nc1. The molecule has 138 valence electrons. The first kappa shape index (κ1) is 18.0. The smallest absolute Gasteiger partial charge is 0.144 e. The van der Waals surface area contributed by atoms with Crippen LogP contribution in [0.3, 0.4) is 0 Å². The zero-order chi connectivity index (χ0) is 19.3. The van der Waals surface area contributed by atoms with Crippen molar-refractivity contribution in [3.63, 3.8) is 0 Å². The number of hydrogen-bond acceptors (Lipinski definition) is 2. The molecule has 0 bridgehead atoms. The lowest BCUT2D eigenvalue weighted by molar-refractivity contribution is 0.658. The van der Waals surface area contributed by atoms with Crippen LogP contribution in [0.5, 0.6) is 0 Å². The molecule has 2 heterocycles. The summed E-state index contributed by atoms with van der Waals surface area (Å²) in [6.45, 7) is 13.7. The maximum Gasteiger partial charge on any atom is 0.144 e. The van der Waals surface area contributed by atoms with Crippen LogP contribution >= 0.6 is 0 Å². The van der Waals surface area contributed by atoms with Crippen LogP contribution < -0.4 is 5.19 Å². The van der Waals surface area contributed by atoms with E-state index in [0.717, 1.165) is 22.4 Å². The standard InChI is InChI=1S/C24H27NOSi/c1-15(2)17-8-7-9-19-22-21(27(4,5)6)13-11-18(24(22)26-23(17)19)20-12-10-16(3)14-25-20/h7-15H,1-6H3. The Morgan fingerprint density at radius 3 is 2.33 bits per heavy atom. The summed E-state index contributed by atoms with van der Waals surface area (Å²) in [6.07, 6.45) is 1.93. The molecule has 0 radical (unpaired) electrons. The third-order valence-electron chi connectivity index (χ3n) is 5.29. The molecule has 2 aromatic carbocycles. The van der Waals surface area contributed by atoms with E-state index in [1.165, 1.54) is 27.1 Å². The van der Waals surface area contributed by atoms with Crippen LogP contribution in [0, 0.1) is 6.92 Å². The van der Waals surface area contributed by atoms with Gasteiger partial charge < -0.3 is 4.42 Å². The van der Waals surface area contributed by atoms with E-state index in [1.807, 2.05) is 6.20 Å². The first-order valence-corrected chi connectivity index (χ1v) is 13.2. The number of aryl methyl sites for hydroxylation is 1. The number of nitrogens with zero attached hydrogens (tertiary/aromatic N) is 1. The Hall–Kier alpha value is -2.39.